The van der Waals surface area contributed by atoms with E-state index >= 15 is 0 Å². The predicted octanol–water partition coefficient (Wildman–Crippen LogP) is 1.68. The van der Waals surface area contributed by atoms with Gasteiger partial charge in [0.15, 0.2) is 0 Å². The Morgan fingerprint density at radius 1 is 1.08 bits per heavy atom. The number of amides is 3. The average Bonchev–Trinajstić information content (AvgIpc) is 2.92. The first-order chi connectivity index (χ1) is 12.0. The SMILES string of the molecule is CC1CCN(c2ccc3c(c2)CN(C2CCC(=O)NC2=O)C3=O)CC1. The topological polar surface area (TPSA) is 69.7 Å². The summed E-state index contributed by atoms with van der Waals surface area (Å²) in [7, 11) is 0. The Hall–Kier alpha value is -2.37. The summed E-state index contributed by atoms with van der Waals surface area (Å²) in [5, 5.41) is 2.34. The summed E-state index contributed by atoms with van der Waals surface area (Å²) in [5.41, 5.74) is 2.81. The van der Waals surface area contributed by atoms with Crippen LogP contribution in [-0.2, 0) is 16.1 Å². The van der Waals surface area contributed by atoms with Crippen molar-refractivity contribution in [1.29, 1.82) is 0 Å². The Morgan fingerprint density at radius 2 is 1.84 bits per heavy atom. The molecule has 6 heteroatoms. The van der Waals surface area contributed by atoms with Gasteiger partial charge in [-0.15, -0.1) is 0 Å². The lowest BCUT2D eigenvalue weighted by atomic mass is 9.98. The molecule has 2 fully saturated rings. The third-order valence-electron chi connectivity index (χ3n) is 5.66. The van der Waals surface area contributed by atoms with Gasteiger partial charge in [0.2, 0.25) is 11.8 Å². The lowest BCUT2D eigenvalue weighted by Crippen LogP contribution is -2.52. The number of anilines is 1. The van der Waals surface area contributed by atoms with E-state index in [4.69, 9.17) is 0 Å². The van der Waals surface area contributed by atoms with Crippen LogP contribution in [0.2, 0.25) is 0 Å². The van der Waals surface area contributed by atoms with Crippen LogP contribution in [0.25, 0.3) is 0 Å². The Kier molecular flexibility index (Phi) is 3.98. The molecule has 0 spiro atoms. The van der Waals surface area contributed by atoms with Crippen molar-refractivity contribution >= 4 is 23.4 Å². The molecule has 25 heavy (non-hydrogen) atoms. The standard InChI is InChI=1S/C19H23N3O3/c1-12-6-8-21(9-7-12)14-2-3-15-13(10-14)11-22(19(15)25)16-4-5-17(23)20-18(16)24/h2-3,10,12,16H,4-9,11H2,1H3,(H,20,23,24). The maximum absolute atomic E-state index is 12.7. The Balaban J connectivity index is 1.53. The highest BCUT2D eigenvalue weighted by molar-refractivity contribution is 6.05. The van der Waals surface area contributed by atoms with E-state index < -0.39 is 6.04 Å². The maximum Gasteiger partial charge on any atom is 0.255 e. The molecule has 1 aromatic carbocycles. The number of piperidine rings is 2. The summed E-state index contributed by atoms with van der Waals surface area (Å²) in [4.78, 5) is 40.1. The fourth-order valence-electron chi connectivity index (χ4n) is 4.02. The molecule has 3 amide bonds. The fourth-order valence-corrected chi connectivity index (χ4v) is 4.02. The largest absolute Gasteiger partial charge is 0.372 e. The van der Waals surface area contributed by atoms with E-state index in [9.17, 15) is 14.4 Å². The van der Waals surface area contributed by atoms with E-state index in [0.29, 0.717) is 18.5 Å². The van der Waals surface area contributed by atoms with E-state index in [0.717, 1.165) is 30.3 Å². The van der Waals surface area contributed by atoms with Gasteiger partial charge in [0, 0.05) is 37.3 Å². The second-order valence-electron chi connectivity index (χ2n) is 7.41. The Labute approximate surface area is 147 Å². The van der Waals surface area contributed by atoms with Crippen LogP contribution >= 0.6 is 0 Å². The van der Waals surface area contributed by atoms with Gasteiger partial charge in [-0.05, 0) is 48.9 Å². The third-order valence-corrected chi connectivity index (χ3v) is 5.66. The minimum absolute atomic E-state index is 0.108. The molecule has 0 aromatic heterocycles. The molecule has 0 aliphatic carbocycles. The van der Waals surface area contributed by atoms with Crippen LogP contribution < -0.4 is 10.2 Å². The summed E-state index contributed by atoms with van der Waals surface area (Å²) in [5.74, 6) is 0.0493. The number of carbonyl (C=O) groups excluding carboxylic acids is 3. The molecule has 6 nitrogen and oxygen atoms in total. The summed E-state index contributed by atoms with van der Waals surface area (Å²) in [6.45, 7) is 4.82. The molecule has 2 saturated heterocycles. The van der Waals surface area contributed by atoms with E-state index in [-0.39, 0.29) is 24.1 Å². The molecule has 132 valence electrons. The van der Waals surface area contributed by atoms with E-state index in [2.05, 4.69) is 23.2 Å². The number of nitrogens with one attached hydrogen (secondary N) is 1. The van der Waals surface area contributed by atoms with Crippen molar-refractivity contribution in [3.05, 3.63) is 29.3 Å². The third kappa shape index (κ3) is 2.90. The summed E-state index contributed by atoms with van der Waals surface area (Å²) in [6.07, 6.45) is 3.08. The highest BCUT2D eigenvalue weighted by Crippen LogP contribution is 2.31. The molecular weight excluding hydrogens is 318 g/mol. The summed E-state index contributed by atoms with van der Waals surface area (Å²) >= 11 is 0. The number of carbonyl (C=O) groups is 3. The number of benzene rings is 1. The van der Waals surface area contributed by atoms with Crippen LogP contribution in [0.5, 0.6) is 0 Å². The van der Waals surface area contributed by atoms with Crippen LogP contribution in [-0.4, -0.2) is 41.8 Å². The lowest BCUT2D eigenvalue weighted by Gasteiger charge is -2.32. The highest BCUT2D eigenvalue weighted by atomic mass is 16.2. The molecule has 3 heterocycles. The second-order valence-corrected chi connectivity index (χ2v) is 7.41. The van der Waals surface area contributed by atoms with Gasteiger partial charge >= 0.3 is 0 Å². The molecule has 0 bridgehead atoms. The molecule has 1 atom stereocenters. The van der Waals surface area contributed by atoms with Crippen LogP contribution in [0.4, 0.5) is 5.69 Å². The van der Waals surface area contributed by atoms with E-state index in [1.54, 1.807) is 4.90 Å². The maximum atomic E-state index is 12.7. The quantitative estimate of drug-likeness (QED) is 0.831. The lowest BCUT2D eigenvalue weighted by molar-refractivity contribution is -0.136. The van der Waals surface area contributed by atoms with Crippen molar-refractivity contribution in [1.82, 2.24) is 10.2 Å². The Bertz CT molecular complexity index is 737. The van der Waals surface area contributed by atoms with E-state index in [1.165, 1.54) is 12.8 Å². The smallest absolute Gasteiger partial charge is 0.255 e. The van der Waals surface area contributed by atoms with Crippen LogP contribution in [0, 0.1) is 5.92 Å². The second kappa shape index (κ2) is 6.17. The van der Waals surface area contributed by atoms with Crippen molar-refractivity contribution in [3.63, 3.8) is 0 Å². The molecule has 1 N–H and O–H groups in total. The number of hydrogen-bond acceptors (Lipinski definition) is 4. The molecular formula is C19H23N3O3. The van der Waals surface area contributed by atoms with Gasteiger partial charge in [0.25, 0.3) is 5.91 Å². The fraction of sp³-hybridized carbons (Fsp3) is 0.526. The number of imide groups is 1. The van der Waals surface area contributed by atoms with Crippen molar-refractivity contribution in [3.8, 4) is 0 Å². The molecule has 4 rings (SSSR count). The zero-order valence-corrected chi connectivity index (χ0v) is 14.5. The molecule has 3 aliphatic rings. The minimum atomic E-state index is -0.545. The van der Waals surface area contributed by atoms with E-state index in [1.807, 2.05) is 12.1 Å². The molecule has 0 radical (unpaired) electrons. The van der Waals surface area contributed by atoms with Gasteiger partial charge in [-0.2, -0.15) is 0 Å². The molecule has 1 unspecified atom stereocenters. The van der Waals surface area contributed by atoms with Crippen molar-refractivity contribution < 1.29 is 14.4 Å². The van der Waals surface area contributed by atoms with Gasteiger partial charge in [-0.3, -0.25) is 19.7 Å². The van der Waals surface area contributed by atoms with Gasteiger partial charge in [0.1, 0.15) is 6.04 Å². The first kappa shape index (κ1) is 16.1. The normalized spacial score (nSPS) is 24.5. The predicted molar refractivity (Wildman–Crippen MR) is 93.1 cm³/mol. The summed E-state index contributed by atoms with van der Waals surface area (Å²) < 4.78 is 0. The highest BCUT2D eigenvalue weighted by Gasteiger charge is 2.39. The van der Waals surface area contributed by atoms with Crippen molar-refractivity contribution in [2.45, 2.75) is 45.2 Å². The van der Waals surface area contributed by atoms with Gasteiger partial charge < -0.3 is 9.80 Å². The van der Waals surface area contributed by atoms with Gasteiger partial charge in [-0.25, -0.2) is 0 Å². The van der Waals surface area contributed by atoms with Gasteiger partial charge in [-0.1, -0.05) is 6.92 Å². The zero-order valence-electron chi connectivity index (χ0n) is 14.5. The zero-order chi connectivity index (χ0) is 17.6. The number of fused-ring (bicyclic) bond motifs is 1. The van der Waals surface area contributed by atoms with Crippen LogP contribution in [0.1, 0.15) is 48.5 Å². The number of nitrogens with zero attached hydrogens (tertiary/aromatic N) is 2. The molecule has 1 aromatic rings. The first-order valence-electron chi connectivity index (χ1n) is 9.05. The number of hydrogen-bond donors (Lipinski definition) is 1. The molecule has 3 aliphatic heterocycles. The number of rotatable bonds is 2. The summed E-state index contributed by atoms with van der Waals surface area (Å²) in [6, 6.07) is 5.45. The molecule has 0 saturated carbocycles. The van der Waals surface area contributed by atoms with Gasteiger partial charge in [0.05, 0.1) is 0 Å². The first-order valence-corrected chi connectivity index (χ1v) is 9.05. The Morgan fingerprint density at radius 3 is 2.56 bits per heavy atom. The minimum Gasteiger partial charge on any atom is -0.372 e. The van der Waals surface area contributed by atoms with Crippen LogP contribution in [0.3, 0.4) is 0 Å². The van der Waals surface area contributed by atoms with Crippen molar-refractivity contribution in [2.24, 2.45) is 5.92 Å². The van der Waals surface area contributed by atoms with Crippen molar-refractivity contribution in [2.75, 3.05) is 18.0 Å². The van der Waals surface area contributed by atoms with Crippen LogP contribution in [0.15, 0.2) is 18.2 Å². The average molecular weight is 341 g/mol. The monoisotopic (exact) mass is 341 g/mol.